The van der Waals surface area contributed by atoms with Crippen LogP contribution < -0.4 is 10.1 Å². The van der Waals surface area contributed by atoms with Crippen LogP contribution in [0, 0.1) is 0 Å². The van der Waals surface area contributed by atoms with E-state index in [0.29, 0.717) is 11.9 Å². The number of nitrogens with one attached hydrogen (secondary N) is 1. The summed E-state index contributed by atoms with van der Waals surface area (Å²) in [6.45, 7) is 1.59. The Balaban J connectivity index is 1.47. The lowest BCUT2D eigenvalue weighted by Gasteiger charge is -2.22. The van der Waals surface area contributed by atoms with Crippen LogP contribution in [0.2, 0.25) is 0 Å². The van der Waals surface area contributed by atoms with E-state index in [2.05, 4.69) is 11.4 Å². The Morgan fingerprint density at radius 1 is 1.17 bits per heavy atom. The van der Waals surface area contributed by atoms with Crippen LogP contribution in [0.4, 0.5) is 0 Å². The number of thioether (sulfide) groups is 1. The van der Waals surface area contributed by atoms with Crippen LogP contribution in [0.3, 0.4) is 0 Å². The Hall–Kier alpha value is -1.20. The molecule has 23 heavy (non-hydrogen) atoms. The zero-order chi connectivity index (χ0) is 15.9. The first-order valence-corrected chi connectivity index (χ1v) is 9.69. The van der Waals surface area contributed by atoms with Crippen molar-refractivity contribution < 1.29 is 14.3 Å². The van der Waals surface area contributed by atoms with E-state index in [1.54, 1.807) is 11.8 Å². The highest BCUT2D eigenvalue weighted by atomic mass is 32.2. The zero-order valence-corrected chi connectivity index (χ0v) is 14.3. The average Bonchev–Trinajstić information content (AvgIpc) is 2.78. The molecular weight excluding hydrogens is 310 g/mol. The Morgan fingerprint density at radius 2 is 2.09 bits per heavy atom. The zero-order valence-electron chi connectivity index (χ0n) is 13.5. The van der Waals surface area contributed by atoms with Gasteiger partial charge in [-0.3, -0.25) is 4.79 Å². The number of hydrogen-bond donors (Lipinski definition) is 1. The molecule has 1 aromatic carbocycles. The van der Waals surface area contributed by atoms with Crippen molar-refractivity contribution in [2.45, 2.75) is 44.2 Å². The molecule has 1 fully saturated rings. The molecule has 0 unspecified atom stereocenters. The van der Waals surface area contributed by atoms with Gasteiger partial charge in [-0.2, -0.15) is 0 Å². The van der Waals surface area contributed by atoms with Gasteiger partial charge in [0.05, 0.1) is 24.5 Å². The fourth-order valence-corrected chi connectivity index (χ4v) is 4.05. The van der Waals surface area contributed by atoms with Crippen LogP contribution in [-0.2, 0) is 9.53 Å². The summed E-state index contributed by atoms with van der Waals surface area (Å²) in [4.78, 5) is 12.3. The largest absolute Gasteiger partial charge is 0.493 e. The van der Waals surface area contributed by atoms with E-state index in [1.807, 2.05) is 18.2 Å². The summed E-state index contributed by atoms with van der Waals surface area (Å²) in [5.41, 5.74) is 1.10. The monoisotopic (exact) mass is 335 g/mol. The minimum Gasteiger partial charge on any atom is -0.493 e. The molecule has 0 aromatic heterocycles. The second-order valence-electron chi connectivity index (χ2n) is 6.15. The van der Waals surface area contributed by atoms with Crippen LogP contribution in [0.15, 0.2) is 24.3 Å². The van der Waals surface area contributed by atoms with Gasteiger partial charge >= 0.3 is 0 Å². The van der Waals surface area contributed by atoms with Crippen molar-refractivity contribution in [1.29, 1.82) is 0 Å². The molecule has 0 bridgehead atoms. The van der Waals surface area contributed by atoms with Gasteiger partial charge in [0.15, 0.2) is 0 Å². The van der Waals surface area contributed by atoms with Gasteiger partial charge in [-0.25, -0.2) is 0 Å². The second kappa shape index (κ2) is 8.60. The minimum absolute atomic E-state index is 0.0627. The minimum atomic E-state index is 0.0627. The van der Waals surface area contributed by atoms with Crippen LogP contribution in [0.25, 0.3) is 0 Å². The molecule has 2 aliphatic rings. The summed E-state index contributed by atoms with van der Waals surface area (Å²) in [5, 5.41) is 3.17. The Bertz CT molecular complexity index is 517. The molecule has 2 atom stereocenters. The molecule has 1 N–H and O–H groups in total. The Morgan fingerprint density at radius 3 is 2.96 bits per heavy atom. The highest BCUT2D eigenvalue weighted by Crippen LogP contribution is 2.31. The summed E-state index contributed by atoms with van der Waals surface area (Å²) < 4.78 is 11.5. The fraction of sp³-hybridized carbons (Fsp3) is 0.611. The smallest absolute Gasteiger partial charge is 0.230 e. The summed E-state index contributed by atoms with van der Waals surface area (Å²) in [5.74, 6) is 2.42. The first kappa shape index (κ1) is 16.7. The third kappa shape index (κ3) is 4.88. The van der Waals surface area contributed by atoms with Gasteiger partial charge in [0, 0.05) is 17.9 Å². The van der Waals surface area contributed by atoms with E-state index in [4.69, 9.17) is 9.47 Å². The van der Waals surface area contributed by atoms with Crippen LogP contribution in [-0.4, -0.2) is 36.7 Å². The van der Waals surface area contributed by atoms with Gasteiger partial charge in [0.2, 0.25) is 5.91 Å². The van der Waals surface area contributed by atoms with Crippen LogP contribution in [0.1, 0.15) is 43.7 Å². The first-order valence-electron chi connectivity index (χ1n) is 8.53. The lowest BCUT2D eigenvalue weighted by Crippen LogP contribution is -2.30. The van der Waals surface area contributed by atoms with Crippen molar-refractivity contribution in [1.82, 2.24) is 5.32 Å². The average molecular weight is 335 g/mol. The number of carbonyl (C=O) groups is 1. The molecule has 4 nitrogen and oxygen atoms in total. The van der Waals surface area contributed by atoms with Crippen molar-refractivity contribution in [3.63, 3.8) is 0 Å². The maximum absolute atomic E-state index is 12.3. The molecule has 3 rings (SSSR count). The van der Waals surface area contributed by atoms with Gasteiger partial charge in [-0.1, -0.05) is 18.2 Å². The van der Waals surface area contributed by atoms with E-state index in [1.165, 1.54) is 12.8 Å². The normalized spacial score (nSPS) is 24.2. The highest BCUT2D eigenvalue weighted by Gasteiger charge is 2.21. The predicted molar refractivity (Wildman–Crippen MR) is 93.0 cm³/mol. The van der Waals surface area contributed by atoms with E-state index >= 15 is 0 Å². The fourth-order valence-electron chi connectivity index (χ4n) is 3.13. The topological polar surface area (TPSA) is 47.6 Å². The third-order valence-electron chi connectivity index (χ3n) is 4.34. The van der Waals surface area contributed by atoms with E-state index in [9.17, 15) is 4.79 Å². The molecule has 1 saturated heterocycles. The number of para-hydroxylation sites is 1. The van der Waals surface area contributed by atoms with Crippen molar-refractivity contribution in [3.05, 3.63) is 29.8 Å². The number of rotatable bonds is 5. The molecule has 5 heteroatoms. The number of benzene rings is 1. The second-order valence-corrected chi connectivity index (χ2v) is 7.18. The van der Waals surface area contributed by atoms with Crippen LogP contribution in [0.5, 0.6) is 5.75 Å². The summed E-state index contributed by atoms with van der Waals surface area (Å²) in [7, 11) is 0. The summed E-state index contributed by atoms with van der Waals surface area (Å²) >= 11 is 1.67. The molecule has 0 spiro atoms. The summed E-state index contributed by atoms with van der Waals surface area (Å²) in [6.07, 6.45) is 5.76. The number of carbonyl (C=O) groups excluding carboxylic acids is 1. The molecule has 1 amide bonds. The van der Waals surface area contributed by atoms with Crippen LogP contribution >= 0.6 is 11.8 Å². The van der Waals surface area contributed by atoms with Crippen molar-refractivity contribution >= 4 is 17.7 Å². The molecule has 0 saturated carbocycles. The van der Waals surface area contributed by atoms with Crippen molar-refractivity contribution in [2.24, 2.45) is 0 Å². The standard InChI is InChI=1S/C18H25NO3S/c20-18(13-23-12-14-6-3-4-10-21-14)19-16-8-5-11-22-17-9-2-1-7-15(16)17/h1-2,7,9,14,16H,3-6,8,10-13H2,(H,19,20)/t14-,16-/m1/s1. The molecule has 2 aliphatic heterocycles. The quantitative estimate of drug-likeness (QED) is 0.897. The maximum atomic E-state index is 12.3. The molecular formula is C18H25NO3S. The molecule has 0 aliphatic carbocycles. The van der Waals surface area contributed by atoms with Gasteiger partial charge in [0.1, 0.15) is 5.75 Å². The van der Waals surface area contributed by atoms with Gasteiger partial charge in [-0.15, -0.1) is 11.8 Å². The SMILES string of the molecule is O=C(CSC[C@H]1CCCCO1)N[C@@H]1CCCOc2ccccc21. The lowest BCUT2D eigenvalue weighted by molar-refractivity contribution is -0.119. The van der Waals surface area contributed by atoms with E-state index in [-0.39, 0.29) is 11.9 Å². The highest BCUT2D eigenvalue weighted by molar-refractivity contribution is 7.99. The number of hydrogen-bond acceptors (Lipinski definition) is 4. The predicted octanol–water partition coefficient (Wildman–Crippen LogP) is 3.32. The molecule has 126 valence electrons. The number of ether oxygens (including phenoxy) is 2. The number of amides is 1. The molecule has 1 aromatic rings. The van der Waals surface area contributed by atoms with Crippen molar-refractivity contribution in [2.75, 3.05) is 24.7 Å². The van der Waals surface area contributed by atoms with Gasteiger partial charge in [0.25, 0.3) is 0 Å². The summed E-state index contributed by atoms with van der Waals surface area (Å²) in [6, 6.07) is 8.07. The van der Waals surface area contributed by atoms with E-state index < -0.39 is 0 Å². The molecule has 2 heterocycles. The Kier molecular flexibility index (Phi) is 6.22. The number of fused-ring (bicyclic) bond motifs is 1. The lowest BCUT2D eigenvalue weighted by atomic mass is 10.0. The van der Waals surface area contributed by atoms with Gasteiger partial charge in [-0.05, 0) is 38.2 Å². The van der Waals surface area contributed by atoms with Crippen molar-refractivity contribution in [3.8, 4) is 5.75 Å². The first-order chi connectivity index (χ1) is 11.3. The maximum Gasteiger partial charge on any atom is 0.230 e. The third-order valence-corrected chi connectivity index (χ3v) is 5.41. The van der Waals surface area contributed by atoms with Gasteiger partial charge < -0.3 is 14.8 Å². The van der Waals surface area contributed by atoms with E-state index in [0.717, 1.165) is 49.5 Å². The molecule has 0 radical (unpaired) electrons. The Labute approximate surface area is 142 Å².